The van der Waals surface area contributed by atoms with Gasteiger partial charge < -0.3 is 19.7 Å². The minimum Gasteiger partial charge on any atom is -0.446 e. The Hall–Kier alpha value is -2.50. The number of alkyl carbamates (subject to hydrolysis) is 1. The van der Waals surface area contributed by atoms with Crippen LogP contribution >= 0.6 is 0 Å². The number of nitriles is 1. The van der Waals surface area contributed by atoms with Crippen molar-refractivity contribution in [2.75, 3.05) is 13.1 Å². The molecule has 3 atom stereocenters. The third kappa shape index (κ3) is 6.77. The van der Waals surface area contributed by atoms with Crippen LogP contribution in [0.2, 0.25) is 0 Å². The fourth-order valence-electron chi connectivity index (χ4n) is 5.47. The standard InChI is InChI=1S/C25H40N4O5/c1-24(2,3)27-22(31)33-20-12-16-10-19(11-17(16)13-20)29(23(32)34-25(4,5)6)15-21(30)28-9-7-8-18(28)14-26/h16-20H,7-13,15H2,1-6H3,(H,27,31). The van der Waals surface area contributed by atoms with Gasteiger partial charge in [0.05, 0.1) is 6.07 Å². The van der Waals surface area contributed by atoms with Gasteiger partial charge in [-0.3, -0.25) is 9.69 Å². The fourth-order valence-corrected chi connectivity index (χ4v) is 5.47. The van der Waals surface area contributed by atoms with E-state index in [-0.39, 0.29) is 30.1 Å². The van der Waals surface area contributed by atoms with E-state index in [1.807, 2.05) is 41.5 Å². The van der Waals surface area contributed by atoms with Crippen LogP contribution in [0, 0.1) is 23.2 Å². The average Bonchev–Trinajstić information content (AvgIpc) is 3.36. The van der Waals surface area contributed by atoms with E-state index in [2.05, 4.69) is 11.4 Å². The van der Waals surface area contributed by atoms with Crippen molar-refractivity contribution in [2.24, 2.45) is 11.8 Å². The van der Waals surface area contributed by atoms with Crippen LogP contribution in [0.5, 0.6) is 0 Å². The molecule has 0 radical (unpaired) electrons. The number of nitrogens with one attached hydrogen (secondary N) is 1. The number of hydrogen-bond donors (Lipinski definition) is 1. The minimum absolute atomic E-state index is 0.0783. The maximum Gasteiger partial charge on any atom is 0.411 e. The van der Waals surface area contributed by atoms with Crippen LogP contribution in [0.1, 0.15) is 80.1 Å². The molecule has 3 rings (SSSR count). The highest BCUT2D eigenvalue weighted by Crippen LogP contribution is 2.47. The molecule has 9 heteroatoms. The molecule has 0 aromatic heterocycles. The normalized spacial score (nSPS) is 28.7. The molecule has 34 heavy (non-hydrogen) atoms. The number of ether oxygens (including phenoxy) is 2. The van der Waals surface area contributed by atoms with Crippen LogP contribution < -0.4 is 5.32 Å². The summed E-state index contributed by atoms with van der Waals surface area (Å²) in [4.78, 5) is 41.5. The summed E-state index contributed by atoms with van der Waals surface area (Å²) in [6.07, 6.45) is 3.48. The molecule has 1 aliphatic heterocycles. The maximum atomic E-state index is 13.1. The van der Waals surface area contributed by atoms with E-state index in [0.29, 0.717) is 24.8 Å². The smallest absolute Gasteiger partial charge is 0.411 e. The first kappa shape index (κ1) is 26.1. The first-order chi connectivity index (χ1) is 15.8. The molecule has 1 saturated heterocycles. The summed E-state index contributed by atoms with van der Waals surface area (Å²) in [6, 6.07) is 1.66. The van der Waals surface area contributed by atoms with Crippen LogP contribution in [-0.4, -0.2) is 70.3 Å². The summed E-state index contributed by atoms with van der Waals surface area (Å²) >= 11 is 0. The van der Waals surface area contributed by atoms with Gasteiger partial charge in [-0.1, -0.05) is 0 Å². The molecular weight excluding hydrogens is 436 g/mol. The third-order valence-corrected chi connectivity index (χ3v) is 6.79. The first-order valence-electron chi connectivity index (χ1n) is 12.4. The minimum atomic E-state index is -0.672. The zero-order valence-corrected chi connectivity index (χ0v) is 21.4. The highest BCUT2D eigenvalue weighted by molar-refractivity contribution is 5.83. The number of carbonyl (C=O) groups is 3. The molecule has 9 nitrogen and oxygen atoms in total. The summed E-state index contributed by atoms with van der Waals surface area (Å²) in [5, 5.41) is 12.2. The molecule has 0 aromatic rings. The number of amides is 3. The van der Waals surface area contributed by atoms with Gasteiger partial charge in [0.25, 0.3) is 0 Å². The Labute approximate surface area is 203 Å². The Morgan fingerprint density at radius 1 is 1.06 bits per heavy atom. The van der Waals surface area contributed by atoms with Gasteiger partial charge in [0.1, 0.15) is 24.3 Å². The van der Waals surface area contributed by atoms with E-state index in [0.717, 1.165) is 32.1 Å². The van der Waals surface area contributed by atoms with E-state index in [1.54, 1.807) is 9.80 Å². The number of hydrogen-bond acceptors (Lipinski definition) is 6. The average molecular weight is 477 g/mol. The molecule has 3 unspecified atom stereocenters. The number of carbonyl (C=O) groups excluding carboxylic acids is 3. The zero-order valence-electron chi connectivity index (χ0n) is 21.4. The molecule has 0 spiro atoms. The van der Waals surface area contributed by atoms with Crippen molar-refractivity contribution in [3.63, 3.8) is 0 Å². The van der Waals surface area contributed by atoms with Gasteiger partial charge in [0, 0.05) is 18.1 Å². The second-order valence-corrected chi connectivity index (χ2v) is 12.0. The summed E-state index contributed by atoms with van der Waals surface area (Å²) in [6.45, 7) is 11.6. The molecule has 0 aromatic carbocycles. The summed E-state index contributed by atoms with van der Waals surface area (Å²) in [7, 11) is 0. The third-order valence-electron chi connectivity index (χ3n) is 6.79. The fraction of sp³-hybridized carbons (Fsp3) is 0.840. The molecule has 3 fully saturated rings. The molecular formula is C25H40N4O5. The molecule has 3 aliphatic rings. The van der Waals surface area contributed by atoms with Crippen LogP contribution in [0.25, 0.3) is 0 Å². The van der Waals surface area contributed by atoms with Gasteiger partial charge >= 0.3 is 12.2 Å². The molecule has 1 N–H and O–H groups in total. The lowest BCUT2D eigenvalue weighted by Gasteiger charge is -2.33. The number of likely N-dealkylation sites (tertiary alicyclic amines) is 1. The predicted octanol–water partition coefficient (Wildman–Crippen LogP) is 3.82. The highest BCUT2D eigenvalue weighted by atomic mass is 16.6. The number of rotatable bonds is 4. The van der Waals surface area contributed by atoms with Crippen molar-refractivity contribution in [1.29, 1.82) is 5.26 Å². The topological polar surface area (TPSA) is 112 Å². The number of fused-ring (bicyclic) bond motifs is 1. The van der Waals surface area contributed by atoms with Gasteiger partial charge in [-0.15, -0.1) is 0 Å². The van der Waals surface area contributed by atoms with Crippen LogP contribution in [-0.2, 0) is 14.3 Å². The van der Waals surface area contributed by atoms with E-state index in [1.165, 1.54) is 0 Å². The Morgan fingerprint density at radius 3 is 2.21 bits per heavy atom. The van der Waals surface area contributed by atoms with Crippen LogP contribution in [0.4, 0.5) is 9.59 Å². The molecule has 0 bridgehead atoms. The lowest BCUT2D eigenvalue weighted by Crippen LogP contribution is -2.49. The highest BCUT2D eigenvalue weighted by Gasteiger charge is 2.47. The van der Waals surface area contributed by atoms with Crippen molar-refractivity contribution >= 4 is 18.1 Å². The summed E-state index contributed by atoms with van der Waals surface area (Å²) < 4.78 is 11.3. The second-order valence-electron chi connectivity index (χ2n) is 12.0. The largest absolute Gasteiger partial charge is 0.446 e. The maximum absolute atomic E-state index is 13.1. The molecule has 1 heterocycles. The Morgan fingerprint density at radius 2 is 1.68 bits per heavy atom. The Balaban J connectivity index is 1.63. The second kappa shape index (κ2) is 10.0. The first-order valence-corrected chi connectivity index (χ1v) is 12.4. The quantitative estimate of drug-likeness (QED) is 0.660. The van der Waals surface area contributed by atoms with Gasteiger partial charge in [0.15, 0.2) is 0 Å². The molecule has 2 saturated carbocycles. The van der Waals surface area contributed by atoms with Gasteiger partial charge in [-0.25, -0.2) is 9.59 Å². The van der Waals surface area contributed by atoms with Crippen molar-refractivity contribution in [3.05, 3.63) is 0 Å². The monoisotopic (exact) mass is 476 g/mol. The van der Waals surface area contributed by atoms with E-state index < -0.39 is 23.8 Å². The number of nitrogens with zero attached hydrogens (tertiary/aromatic N) is 3. The Kier molecular flexibility index (Phi) is 7.69. The lowest BCUT2D eigenvalue weighted by atomic mass is 10.0. The van der Waals surface area contributed by atoms with E-state index in [9.17, 15) is 19.6 Å². The van der Waals surface area contributed by atoms with Gasteiger partial charge in [-0.2, -0.15) is 5.26 Å². The van der Waals surface area contributed by atoms with Crippen molar-refractivity contribution < 1.29 is 23.9 Å². The molecule has 3 amide bonds. The van der Waals surface area contributed by atoms with Crippen molar-refractivity contribution in [3.8, 4) is 6.07 Å². The van der Waals surface area contributed by atoms with Crippen LogP contribution in [0.3, 0.4) is 0 Å². The Bertz CT molecular complexity index is 811. The zero-order chi connectivity index (χ0) is 25.3. The summed E-state index contributed by atoms with van der Waals surface area (Å²) in [5.74, 6) is 0.458. The van der Waals surface area contributed by atoms with Gasteiger partial charge in [-0.05, 0) is 91.9 Å². The molecule has 190 valence electrons. The predicted molar refractivity (Wildman–Crippen MR) is 126 cm³/mol. The van der Waals surface area contributed by atoms with E-state index in [4.69, 9.17) is 9.47 Å². The van der Waals surface area contributed by atoms with Gasteiger partial charge in [0.2, 0.25) is 5.91 Å². The van der Waals surface area contributed by atoms with Crippen molar-refractivity contribution in [2.45, 2.75) is 109 Å². The van der Waals surface area contributed by atoms with Crippen molar-refractivity contribution in [1.82, 2.24) is 15.1 Å². The SMILES string of the molecule is CC(C)(C)NC(=O)OC1CC2CC(N(CC(=O)N3CCCC3C#N)C(=O)OC(C)(C)C)CC2C1. The lowest BCUT2D eigenvalue weighted by molar-refractivity contribution is -0.133. The summed E-state index contributed by atoms with van der Waals surface area (Å²) in [5.41, 5.74) is -1.02. The van der Waals surface area contributed by atoms with E-state index >= 15 is 0 Å². The van der Waals surface area contributed by atoms with Crippen LogP contribution in [0.15, 0.2) is 0 Å². The molecule has 2 aliphatic carbocycles.